The molecule has 0 aliphatic carbocycles. The van der Waals surface area contributed by atoms with Gasteiger partial charge in [0.2, 0.25) is 0 Å². The molecule has 0 bridgehead atoms. The number of amides is 2. The first kappa shape index (κ1) is 18.8. The molecule has 24 heavy (non-hydrogen) atoms. The molecule has 1 aliphatic heterocycles. The molecule has 2 rings (SSSR count). The summed E-state index contributed by atoms with van der Waals surface area (Å²) in [5.41, 5.74) is 0.516. The van der Waals surface area contributed by atoms with Crippen LogP contribution in [0.2, 0.25) is 10.0 Å². The number of thiocarbonyl (C=S) groups is 1. The summed E-state index contributed by atoms with van der Waals surface area (Å²) in [6.07, 6.45) is 0.0971. The molecule has 1 aliphatic rings. The fourth-order valence-corrected chi connectivity index (χ4v) is 3.01. The monoisotopic (exact) mass is 389 g/mol. The highest BCUT2D eigenvalue weighted by Crippen LogP contribution is 2.25. The van der Waals surface area contributed by atoms with Gasteiger partial charge in [0, 0.05) is 32.1 Å². The molecule has 9 heteroatoms. The van der Waals surface area contributed by atoms with Crippen molar-refractivity contribution in [2.75, 3.05) is 18.4 Å². The molecule has 1 aromatic carbocycles. The van der Waals surface area contributed by atoms with Crippen LogP contribution in [0.3, 0.4) is 0 Å². The van der Waals surface area contributed by atoms with E-state index < -0.39 is 6.23 Å². The zero-order valence-electron chi connectivity index (χ0n) is 13.2. The lowest BCUT2D eigenvalue weighted by Crippen LogP contribution is -2.43. The van der Waals surface area contributed by atoms with E-state index in [4.69, 9.17) is 40.2 Å². The number of ether oxygens (including phenoxy) is 1. The van der Waals surface area contributed by atoms with Gasteiger partial charge in [-0.05, 0) is 30.4 Å². The van der Waals surface area contributed by atoms with Crippen molar-refractivity contribution in [2.45, 2.75) is 26.5 Å². The third-order valence-corrected chi connectivity index (χ3v) is 4.65. The van der Waals surface area contributed by atoms with Gasteiger partial charge in [-0.2, -0.15) is 0 Å². The molecule has 1 aromatic rings. The molecule has 2 amide bonds. The molecule has 0 aromatic heterocycles. The molecule has 1 unspecified atom stereocenters. The minimum Gasteiger partial charge on any atom is -0.442 e. The van der Waals surface area contributed by atoms with Crippen LogP contribution < -0.4 is 5.32 Å². The number of rotatable bonds is 4. The number of benzene rings is 1. The van der Waals surface area contributed by atoms with Crippen molar-refractivity contribution < 1.29 is 14.3 Å². The molecule has 130 valence electrons. The van der Waals surface area contributed by atoms with Gasteiger partial charge in [-0.1, -0.05) is 30.1 Å². The van der Waals surface area contributed by atoms with Gasteiger partial charge in [-0.3, -0.25) is 9.69 Å². The number of esters is 1. The van der Waals surface area contributed by atoms with Crippen LogP contribution in [0, 0.1) is 0 Å². The SMILES string of the molecule is CCC(OC(C)=O)N1CCN(C(=O)Nc2ccc(Cl)c(Cl)c2)C1=S. The average molecular weight is 390 g/mol. The standard InChI is InChI=1S/C15H17Cl2N3O3S/c1-3-13(23-9(2)21)19-6-7-20(15(19)24)14(22)18-10-4-5-11(16)12(17)8-10/h4-5,8,13H,3,6-7H2,1-2H3,(H,18,22). The van der Waals surface area contributed by atoms with Crippen molar-refractivity contribution in [3.63, 3.8) is 0 Å². The molecule has 0 spiro atoms. The predicted octanol–water partition coefficient (Wildman–Crippen LogP) is 3.73. The molecule has 0 saturated carbocycles. The highest BCUT2D eigenvalue weighted by molar-refractivity contribution is 7.80. The van der Waals surface area contributed by atoms with Gasteiger partial charge in [0.15, 0.2) is 11.3 Å². The number of hydrogen-bond donors (Lipinski definition) is 1. The van der Waals surface area contributed by atoms with E-state index >= 15 is 0 Å². The van der Waals surface area contributed by atoms with Crippen molar-refractivity contribution in [3.8, 4) is 0 Å². The van der Waals surface area contributed by atoms with Crippen molar-refractivity contribution in [1.82, 2.24) is 9.80 Å². The highest BCUT2D eigenvalue weighted by atomic mass is 35.5. The summed E-state index contributed by atoms with van der Waals surface area (Å²) in [4.78, 5) is 26.7. The van der Waals surface area contributed by atoms with Crippen LogP contribution in [-0.2, 0) is 9.53 Å². The zero-order chi connectivity index (χ0) is 17.9. The molecule has 0 radical (unpaired) electrons. The first-order valence-electron chi connectivity index (χ1n) is 7.35. The van der Waals surface area contributed by atoms with E-state index in [1.807, 2.05) is 6.92 Å². The van der Waals surface area contributed by atoms with E-state index in [1.165, 1.54) is 11.8 Å². The Morgan fingerprint density at radius 2 is 2.04 bits per heavy atom. The van der Waals surface area contributed by atoms with Gasteiger partial charge in [0.05, 0.1) is 10.0 Å². The number of hydrogen-bond acceptors (Lipinski definition) is 4. The average Bonchev–Trinajstić information content (AvgIpc) is 2.90. The highest BCUT2D eigenvalue weighted by Gasteiger charge is 2.34. The van der Waals surface area contributed by atoms with Gasteiger partial charge in [0.25, 0.3) is 0 Å². The predicted molar refractivity (Wildman–Crippen MR) is 97.3 cm³/mol. The summed E-state index contributed by atoms with van der Waals surface area (Å²) >= 11 is 17.1. The Labute approximate surface area is 155 Å². The summed E-state index contributed by atoms with van der Waals surface area (Å²) in [5.74, 6) is -0.386. The molecule has 1 N–H and O–H groups in total. The Morgan fingerprint density at radius 1 is 1.33 bits per heavy atom. The van der Waals surface area contributed by atoms with Gasteiger partial charge >= 0.3 is 12.0 Å². The van der Waals surface area contributed by atoms with Crippen LogP contribution in [0.4, 0.5) is 10.5 Å². The van der Waals surface area contributed by atoms with Crippen molar-refractivity contribution in [2.24, 2.45) is 0 Å². The summed E-state index contributed by atoms with van der Waals surface area (Å²) in [5, 5.41) is 3.80. The Bertz CT molecular complexity index is 671. The number of halogens is 2. The first-order chi connectivity index (χ1) is 11.3. The van der Waals surface area contributed by atoms with E-state index in [0.29, 0.717) is 40.4 Å². The van der Waals surface area contributed by atoms with Gasteiger partial charge in [-0.25, -0.2) is 4.79 Å². The van der Waals surface area contributed by atoms with Crippen LogP contribution in [0.15, 0.2) is 18.2 Å². The van der Waals surface area contributed by atoms with Crippen LogP contribution in [0.5, 0.6) is 0 Å². The Morgan fingerprint density at radius 3 is 2.62 bits per heavy atom. The maximum Gasteiger partial charge on any atom is 0.328 e. The largest absolute Gasteiger partial charge is 0.442 e. The quantitative estimate of drug-likeness (QED) is 0.627. The number of carbonyl (C=O) groups excluding carboxylic acids is 2. The number of nitrogens with one attached hydrogen (secondary N) is 1. The third kappa shape index (κ3) is 4.28. The van der Waals surface area contributed by atoms with Gasteiger partial charge in [0.1, 0.15) is 0 Å². The van der Waals surface area contributed by atoms with Crippen LogP contribution in [0.1, 0.15) is 20.3 Å². The Kier molecular flexibility index (Phi) is 6.26. The minimum absolute atomic E-state index is 0.320. The molecular formula is C15H17Cl2N3O3S. The van der Waals surface area contributed by atoms with Crippen molar-refractivity contribution >= 4 is 58.2 Å². The molecule has 1 fully saturated rings. The fourth-order valence-electron chi connectivity index (χ4n) is 2.33. The van der Waals surface area contributed by atoms with Crippen LogP contribution >= 0.6 is 35.4 Å². The van der Waals surface area contributed by atoms with E-state index in [-0.39, 0.29) is 12.0 Å². The smallest absolute Gasteiger partial charge is 0.328 e. The van der Waals surface area contributed by atoms with E-state index in [0.717, 1.165) is 0 Å². The molecule has 1 saturated heterocycles. The molecule has 1 heterocycles. The number of carbonyl (C=O) groups is 2. The summed E-state index contributed by atoms with van der Waals surface area (Å²) in [6, 6.07) is 4.43. The van der Waals surface area contributed by atoms with E-state index in [9.17, 15) is 9.59 Å². The second kappa shape index (κ2) is 8.00. The number of urea groups is 1. The second-order valence-electron chi connectivity index (χ2n) is 5.16. The maximum atomic E-state index is 12.4. The molecule has 1 atom stereocenters. The zero-order valence-corrected chi connectivity index (χ0v) is 15.5. The van der Waals surface area contributed by atoms with Gasteiger partial charge in [-0.15, -0.1) is 0 Å². The summed E-state index contributed by atoms with van der Waals surface area (Å²) < 4.78 is 5.24. The summed E-state index contributed by atoms with van der Waals surface area (Å²) in [7, 11) is 0. The second-order valence-corrected chi connectivity index (χ2v) is 6.34. The molecular weight excluding hydrogens is 373 g/mol. The maximum absolute atomic E-state index is 12.4. The van der Waals surface area contributed by atoms with E-state index in [2.05, 4.69) is 5.32 Å². The topological polar surface area (TPSA) is 61.9 Å². The lowest BCUT2D eigenvalue weighted by atomic mass is 10.3. The fraction of sp³-hybridized carbons (Fsp3) is 0.400. The lowest BCUT2D eigenvalue weighted by molar-refractivity contribution is -0.152. The van der Waals surface area contributed by atoms with Gasteiger partial charge < -0.3 is 15.0 Å². The Balaban J connectivity index is 2.04. The minimum atomic E-state index is -0.474. The summed E-state index contributed by atoms with van der Waals surface area (Å²) in [6.45, 7) is 4.13. The lowest BCUT2D eigenvalue weighted by Gasteiger charge is -2.28. The Hall–Kier alpha value is -1.57. The normalized spacial score (nSPS) is 15.4. The van der Waals surface area contributed by atoms with Crippen molar-refractivity contribution in [1.29, 1.82) is 0 Å². The van der Waals surface area contributed by atoms with Crippen LogP contribution in [-0.4, -0.2) is 46.2 Å². The van der Waals surface area contributed by atoms with Crippen LogP contribution in [0.25, 0.3) is 0 Å². The first-order valence-corrected chi connectivity index (χ1v) is 8.51. The third-order valence-electron chi connectivity index (χ3n) is 3.46. The molecule has 6 nitrogen and oxygen atoms in total. The number of nitrogens with zero attached hydrogens (tertiary/aromatic N) is 2. The van der Waals surface area contributed by atoms with E-state index in [1.54, 1.807) is 23.1 Å². The number of anilines is 1. The van der Waals surface area contributed by atoms with Crippen molar-refractivity contribution in [3.05, 3.63) is 28.2 Å².